The maximum atomic E-state index is 10.1. The number of allylic oxidation sites excluding steroid dienone is 5. The van der Waals surface area contributed by atoms with Crippen molar-refractivity contribution in [2.75, 3.05) is 7.11 Å². The van der Waals surface area contributed by atoms with Crippen molar-refractivity contribution >= 4 is 5.57 Å². The van der Waals surface area contributed by atoms with E-state index in [1.54, 1.807) is 19.3 Å². The van der Waals surface area contributed by atoms with Crippen LogP contribution in [0.15, 0.2) is 41.7 Å². The van der Waals surface area contributed by atoms with Gasteiger partial charge in [-0.25, -0.2) is 0 Å². The van der Waals surface area contributed by atoms with E-state index >= 15 is 0 Å². The first-order valence-corrected chi connectivity index (χ1v) is 5.88. The van der Waals surface area contributed by atoms with E-state index in [1.165, 1.54) is 0 Å². The molecule has 0 aromatic heterocycles. The van der Waals surface area contributed by atoms with Gasteiger partial charge < -0.3 is 14.9 Å². The third-order valence-electron chi connectivity index (χ3n) is 3.41. The Balaban J connectivity index is 2.18. The number of hydrogen-bond donors (Lipinski definition) is 2. The summed E-state index contributed by atoms with van der Waals surface area (Å²) in [6.45, 7) is 0. The summed E-state index contributed by atoms with van der Waals surface area (Å²) in [4.78, 5) is 0. The smallest absolute Gasteiger partial charge is 0.127 e. The number of ether oxygens (including phenoxy) is 1. The van der Waals surface area contributed by atoms with Crippen molar-refractivity contribution in [3.05, 3.63) is 52.8 Å². The summed E-state index contributed by atoms with van der Waals surface area (Å²) in [6, 6.07) is 3.57. The average molecular weight is 242 g/mol. The van der Waals surface area contributed by atoms with Crippen molar-refractivity contribution in [1.29, 1.82) is 0 Å². The third kappa shape index (κ3) is 1.59. The van der Waals surface area contributed by atoms with Crippen molar-refractivity contribution in [1.82, 2.24) is 0 Å². The number of aromatic hydroxyl groups is 1. The predicted molar refractivity (Wildman–Crippen MR) is 69.8 cm³/mol. The first-order chi connectivity index (χ1) is 8.69. The van der Waals surface area contributed by atoms with Gasteiger partial charge in [0.25, 0.3) is 0 Å². The topological polar surface area (TPSA) is 49.7 Å². The molecular formula is C15H14O3. The van der Waals surface area contributed by atoms with Crippen molar-refractivity contribution in [2.24, 2.45) is 0 Å². The highest BCUT2D eigenvalue weighted by Gasteiger charge is 2.23. The first-order valence-electron chi connectivity index (χ1n) is 5.88. The van der Waals surface area contributed by atoms with Crippen LogP contribution in [0.25, 0.3) is 5.57 Å². The van der Waals surface area contributed by atoms with Gasteiger partial charge in [-0.2, -0.15) is 0 Å². The van der Waals surface area contributed by atoms with Gasteiger partial charge in [0.1, 0.15) is 11.5 Å². The van der Waals surface area contributed by atoms with Crippen LogP contribution in [0.3, 0.4) is 0 Å². The summed E-state index contributed by atoms with van der Waals surface area (Å²) < 4.78 is 5.16. The largest absolute Gasteiger partial charge is 0.512 e. The van der Waals surface area contributed by atoms with Crippen molar-refractivity contribution in [3.8, 4) is 11.5 Å². The molecule has 0 fully saturated rings. The highest BCUT2D eigenvalue weighted by atomic mass is 16.5. The molecule has 18 heavy (non-hydrogen) atoms. The van der Waals surface area contributed by atoms with Gasteiger partial charge in [-0.1, -0.05) is 12.2 Å². The molecule has 2 aliphatic carbocycles. The van der Waals surface area contributed by atoms with Gasteiger partial charge in [-0.15, -0.1) is 0 Å². The fourth-order valence-electron chi connectivity index (χ4n) is 2.54. The lowest BCUT2D eigenvalue weighted by Gasteiger charge is -2.24. The Labute approximate surface area is 105 Å². The Hall–Kier alpha value is -2.16. The van der Waals surface area contributed by atoms with Gasteiger partial charge in [0.05, 0.1) is 12.9 Å². The maximum Gasteiger partial charge on any atom is 0.127 e. The molecule has 0 radical (unpaired) electrons. The first kappa shape index (κ1) is 11.0. The number of fused-ring (bicyclic) bond motifs is 3. The van der Waals surface area contributed by atoms with Crippen LogP contribution in [0.2, 0.25) is 0 Å². The van der Waals surface area contributed by atoms with Crippen LogP contribution in [0.5, 0.6) is 11.5 Å². The van der Waals surface area contributed by atoms with Crippen molar-refractivity contribution < 1.29 is 14.9 Å². The molecule has 0 atom stereocenters. The molecule has 0 aliphatic heterocycles. The van der Waals surface area contributed by atoms with E-state index in [1.807, 2.05) is 12.1 Å². The summed E-state index contributed by atoms with van der Waals surface area (Å²) in [5.41, 5.74) is 3.98. The number of phenolic OH excluding ortho intramolecular Hbond substituents is 1. The van der Waals surface area contributed by atoms with E-state index in [-0.39, 0.29) is 5.75 Å². The number of rotatable bonds is 1. The Morgan fingerprint density at radius 2 is 2.00 bits per heavy atom. The van der Waals surface area contributed by atoms with E-state index in [9.17, 15) is 10.2 Å². The van der Waals surface area contributed by atoms with Gasteiger partial charge in [0.15, 0.2) is 0 Å². The Kier molecular flexibility index (Phi) is 2.40. The Bertz CT molecular complexity index is 606. The van der Waals surface area contributed by atoms with E-state index in [2.05, 4.69) is 6.08 Å². The van der Waals surface area contributed by atoms with Crippen molar-refractivity contribution in [3.63, 3.8) is 0 Å². The van der Waals surface area contributed by atoms with E-state index < -0.39 is 0 Å². The molecule has 3 heteroatoms. The lowest BCUT2D eigenvalue weighted by atomic mass is 9.82. The SMILES string of the molecule is COc1cc(O)c2c(c1)CC=C1CC(O)=CC=C12. The fraction of sp³-hybridized carbons (Fsp3) is 0.200. The number of hydrogen-bond acceptors (Lipinski definition) is 3. The van der Waals surface area contributed by atoms with Crippen LogP contribution in [-0.2, 0) is 6.42 Å². The molecule has 1 aromatic carbocycles. The van der Waals surface area contributed by atoms with E-state index in [4.69, 9.17) is 4.74 Å². The number of aliphatic hydroxyl groups is 1. The molecule has 0 bridgehead atoms. The van der Waals surface area contributed by atoms with Gasteiger partial charge in [-0.05, 0) is 35.3 Å². The molecule has 92 valence electrons. The van der Waals surface area contributed by atoms with Crippen LogP contribution < -0.4 is 4.74 Å². The zero-order chi connectivity index (χ0) is 12.7. The summed E-state index contributed by atoms with van der Waals surface area (Å²) in [7, 11) is 1.59. The fourth-order valence-corrected chi connectivity index (χ4v) is 2.54. The minimum atomic E-state index is 0.232. The molecule has 0 saturated heterocycles. The number of phenols is 1. The molecule has 0 saturated carbocycles. The number of methoxy groups -OCH3 is 1. The minimum Gasteiger partial charge on any atom is -0.512 e. The molecule has 2 aliphatic rings. The highest BCUT2D eigenvalue weighted by Crippen LogP contribution is 2.42. The second kappa shape index (κ2) is 3.95. The average Bonchev–Trinajstić information content (AvgIpc) is 2.37. The normalized spacial score (nSPS) is 17.1. The lowest BCUT2D eigenvalue weighted by molar-refractivity contribution is 0.397. The van der Waals surface area contributed by atoms with Gasteiger partial charge >= 0.3 is 0 Å². The second-order valence-electron chi connectivity index (χ2n) is 4.53. The zero-order valence-corrected chi connectivity index (χ0v) is 10.1. The molecule has 0 amide bonds. The molecule has 3 nitrogen and oxygen atoms in total. The number of benzene rings is 1. The standard InChI is InChI=1S/C15H14O3/c1-18-12-7-10-3-2-9-6-11(16)4-5-13(9)15(10)14(17)8-12/h2,4-5,7-8,16-17H,3,6H2,1H3. The zero-order valence-electron chi connectivity index (χ0n) is 10.1. The van der Waals surface area contributed by atoms with Crippen LogP contribution in [-0.4, -0.2) is 17.3 Å². The van der Waals surface area contributed by atoms with E-state index in [0.29, 0.717) is 17.9 Å². The molecule has 1 aromatic rings. The molecular weight excluding hydrogens is 228 g/mol. The molecule has 0 unspecified atom stereocenters. The van der Waals surface area contributed by atoms with E-state index in [0.717, 1.165) is 28.7 Å². The van der Waals surface area contributed by atoms with Gasteiger partial charge in [0.2, 0.25) is 0 Å². The molecule has 0 heterocycles. The summed E-state index contributed by atoms with van der Waals surface area (Å²) >= 11 is 0. The summed E-state index contributed by atoms with van der Waals surface area (Å²) in [6.07, 6.45) is 6.92. The van der Waals surface area contributed by atoms with Crippen LogP contribution in [0.1, 0.15) is 17.5 Å². The monoisotopic (exact) mass is 242 g/mol. The molecule has 3 rings (SSSR count). The predicted octanol–water partition coefficient (Wildman–Crippen LogP) is 3.11. The van der Waals surface area contributed by atoms with Crippen LogP contribution >= 0.6 is 0 Å². The van der Waals surface area contributed by atoms with Crippen LogP contribution in [0, 0.1) is 0 Å². The quantitative estimate of drug-likeness (QED) is 0.795. The third-order valence-corrected chi connectivity index (χ3v) is 3.41. The van der Waals surface area contributed by atoms with Crippen molar-refractivity contribution in [2.45, 2.75) is 12.8 Å². The summed E-state index contributed by atoms with van der Waals surface area (Å²) in [5.74, 6) is 1.26. The van der Waals surface area contributed by atoms with Gasteiger partial charge in [0, 0.05) is 18.1 Å². The number of aliphatic hydroxyl groups excluding tert-OH is 1. The Morgan fingerprint density at radius 1 is 1.17 bits per heavy atom. The Morgan fingerprint density at radius 3 is 2.78 bits per heavy atom. The summed E-state index contributed by atoms with van der Waals surface area (Å²) in [5, 5.41) is 19.7. The van der Waals surface area contributed by atoms with Gasteiger partial charge in [-0.3, -0.25) is 0 Å². The highest BCUT2D eigenvalue weighted by molar-refractivity contribution is 5.88. The minimum absolute atomic E-state index is 0.232. The molecule has 2 N–H and O–H groups in total. The second-order valence-corrected chi connectivity index (χ2v) is 4.53. The lowest BCUT2D eigenvalue weighted by Crippen LogP contribution is -2.06. The molecule has 0 spiro atoms. The maximum absolute atomic E-state index is 10.1. The van der Waals surface area contributed by atoms with Crippen LogP contribution in [0.4, 0.5) is 0 Å².